The quantitative estimate of drug-likeness (QED) is 0.590. The molecule has 0 radical (unpaired) electrons. The third-order valence-corrected chi connectivity index (χ3v) is 3.17. The molecule has 0 aliphatic carbocycles. The number of benzene rings is 2. The molecule has 2 rings (SSSR count). The van der Waals surface area contributed by atoms with Crippen LogP contribution in [0.2, 0.25) is 0 Å². The molecular weight excluding hydrogens is 250 g/mol. The first kappa shape index (κ1) is 14.1. The second-order valence-corrected chi connectivity index (χ2v) is 4.85. The molecule has 4 N–H and O–H groups in total. The molecular formula is C16H19N3O. The Labute approximate surface area is 119 Å². The van der Waals surface area contributed by atoms with Crippen molar-refractivity contribution in [3.8, 4) is 0 Å². The van der Waals surface area contributed by atoms with Crippen LogP contribution < -0.4 is 16.6 Å². The maximum absolute atomic E-state index is 12.2. The number of carbonyl (C=O) groups excluding carboxylic acids is 1. The molecule has 0 spiro atoms. The van der Waals surface area contributed by atoms with Gasteiger partial charge in [-0.15, -0.1) is 0 Å². The van der Waals surface area contributed by atoms with Gasteiger partial charge in [0.25, 0.3) is 5.91 Å². The van der Waals surface area contributed by atoms with Crippen molar-refractivity contribution in [2.24, 2.45) is 5.84 Å². The van der Waals surface area contributed by atoms with Crippen LogP contribution >= 0.6 is 0 Å². The van der Waals surface area contributed by atoms with Gasteiger partial charge in [-0.3, -0.25) is 10.6 Å². The lowest BCUT2D eigenvalue weighted by atomic mass is 10.1. The monoisotopic (exact) mass is 269 g/mol. The molecule has 104 valence electrons. The maximum atomic E-state index is 12.2. The van der Waals surface area contributed by atoms with Crippen molar-refractivity contribution < 1.29 is 4.79 Å². The van der Waals surface area contributed by atoms with Crippen LogP contribution in [-0.2, 0) is 6.54 Å². The van der Waals surface area contributed by atoms with E-state index in [-0.39, 0.29) is 5.91 Å². The highest BCUT2D eigenvalue weighted by atomic mass is 16.1. The van der Waals surface area contributed by atoms with E-state index in [1.807, 2.05) is 38.1 Å². The molecule has 4 nitrogen and oxygen atoms in total. The highest BCUT2D eigenvalue weighted by Gasteiger charge is 2.09. The Bertz CT molecular complexity index is 623. The summed E-state index contributed by atoms with van der Waals surface area (Å²) in [5, 5.41) is 2.93. The minimum absolute atomic E-state index is 0.0763. The Morgan fingerprint density at radius 3 is 2.60 bits per heavy atom. The second kappa shape index (κ2) is 6.21. The molecule has 0 aromatic heterocycles. The second-order valence-electron chi connectivity index (χ2n) is 4.85. The topological polar surface area (TPSA) is 67.2 Å². The summed E-state index contributed by atoms with van der Waals surface area (Å²) in [4.78, 5) is 12.2. The number of hydrogen-bond donors (Lipinski definition) is 3. The van der Waals surface area contributed by atoms with Gasteiger partial charge in [0.2, 0.25) is 0 Å². The van der Waals surface area contributed by atoms with Crippen molar-refractivity contribution in [1.29, 1.82) is 0 Å². The molecule has 1 amide bonds. The van der Waals surface area contributed by atoms with Crippen molar-refractivity contribution in [1.82, 2.24) is 5.32 Å². The van der Waals surface area contributed by atoms with Gasteiger partial charge >= 0.3 is 0 Å². The fraction of sp³-hybridized carbons (Fsp3) is 0.188. The summed E-state index contributed by atoms with van der Waals surface area (Å²) >= 11 is 0. The normalized spacial score (nSPS) is 10.2. The van der Waals surface area contributed by atoms with E-state index in [1.165, 1.54) is 5.56 Å². The molecule has 0 unspecified atom stereocenters. The summed E-state index contributed by atoms with van der Waals surface area (Å²) < 4.78 is 0. The first-order valence-corrected chi connectivity index (χ1v) is 6.51. The van der Waals surface area contributed by atoms with Gasteiger partial charge in [-0.2, -0.15) is 0 Å². The molecule has 0 saturated carbocycles. The maximum Gasteiger partial charge on any atom is 0.251 e. The predicted molar refractivity (Wildman–Crippen MR) is 81.3 cm³/mol. The summed E-state index contributed by atoms with van der Waals surface area (Å²) in [6.45, 7) is 4.45. The van der Waals surface area contributed by atoms with Gasteiger partial charge < -0.3 is 10.7 Å². The van der Waals surface area contributed by atoms with Crippen molar-refractivity contribution in [2.45, 2.75) is 20.4 Å². The van der Waals surface area contributed by atoms with Gasteiger partial charge in [-0.25, -0.2) is 0 Å². The molecule has 0 heterocycles. The van der Waals surface area contributed by atoms with E-state index in [9.17, 15) is 4.79 Å². The lowest BCUT2D eigenvalue weighted by Crippen LogP contribution is -2.23. The third kappa shape index (κ3) is 3.36. The highest BCUT2D eigenvalue weighted by Crippen LogP contribution is 2.14. The van der Waals surface area contributed by atoms with Crippen LogP contribution in [0.25, 0.3) is 0 Å². The van der Waals surface area contributed by atoms with Crippen molar-refractivity contribution in [2.75, 3.05) is 5.43 Å². The predicted octanol–water partition coefficient (Wildman–Crippen LogP) is 2.52. The summed E-state index contributed by atoms with van der Waals surface area (Å²) in [6, 6.07) is 13.5. The molecule has 0 aliphatic rings. The van der Waals surface area contributed by atoms with Gasteiger partial charge in [-0.05, 0) is 43.2 Å². The van der Waals surface area contributed by atoms with E-state index in [2.05, 4.69) is 16.8 Å². The lowest BCUT2D eigenvalue weighted by Gasteiger charge is -2.09. The standard InChI is InChI=1S/C16H19N3O/c1-11-4-3-5-13(8-11)10-18-16(20)15-7-6-14(19-17)9-12(15)2/h3-9,19H,10,17H2,1-2H3,(H,18,20). The first-order valence-electron chi connectivity index (χ1n) is 6.51. The van der Waals surface area contributed by atoms with Gasteiger partial charge in [0, 0.05) is 17.8 Å². The van der Waals surface area contributed by atoms with Gasteiger partial charge in [0.05, 0.1) is 0 Å². The summed E-state index contributed by atoms with van der Waals surface area (Å²) in [5.41, 5.74) is 7.19. The summed E-state index contributed by atoms with van der Waals surface area (Å²) in [5.74, 6) is 5.27. The minimum atomic E-state index is -0.0763. The van der Waals surface area contributed by atoms with Crippen LogP contribution in [0, 0.1) is 13.8 Å². The number of nitrogens with one attached hydrogen (secondary N) is 2. The smallest absolute Gasteiger partial charge is 0.251 e. The molecule has 4 heteroatoms. The van der Waals surface area contributed by atoms with Gasteiger partial charge in [0.1, 0.15) is 0 Å². The Morgan fingerprint density at radius 1 is 1.15 bits per heavy atom. The number of nitrogen functional groups attached to an aromatic ring is 1. The zero-order valence-corrected chi connectivity index (χ0v) is 11.7. The number of aryl methyl sites for hydroxylation is 2. The fourth-order valence-electron chi connectivity index (χ4n) is 2.11. The third-order valence-electron chi connectivity index (χ3n) is 3.17. The largest absolute Gasteiger partial charge is 0.348 e. The van der Waals surface area contributed by atoms with E-state index in [0.29, 0.717) is 12.1 Å². The molecule has 0 fully saturated rings. The zero-order chi connectivity index (χ0) is 14.5. The van der Waals surface area contributed by atoms with E-state index >= 15 is 0 Å². The average molecular weight is 269 g/mol. The molecule has 0 saturated heterocycles. The number of hydrogen-bond acceptors (Lipinski definition) is 3. The van der Waals surface area contributed by atoms with Crippen LogP contribution in [0.3, 0.4) is 0 Å². The number of nitrogens with two attached hydrogens (primary N) is 1. The molecule has 2 aromatic carbocycles. The minimum Gasteiger partial charge on any atom is -0.348 e. The molecule has 0 bridgehead atoms. The van der Waals surface area contributed by atoms with E-state index < -0.39 is 0 Å². The van der Waals surface area contributed by atoms with Crippen molar-refractivity contribution in [3.05, 3.63) is 64.7 Å². The number of amides is 1. The molecule has 2 aromatic rings. The van der Waals surface area contributed by atoms with E-state index in [4.69, 9.17) is 5.84 Å². The fourth-order valence-corrected chi connectivity index (χ4v) is 2.11. The molecule has 20 heavy (non-hydrogen) atoms. The number of anilines is 1. The Hall–Kier alpha value is -2.33. The van der Waals surface area contributed by atoms with Crippen molar-refractivity contribution in [3.63, 3.8) is 0 Å². The average Bonchev–Trinajstić information content (AvgIpc) is 2.44. The van der Waals surface area contributed by atoms with Crippen LogP contribution in [-0.4, -0.2) is 5.91 Å². The number of carbonyl (C=O) groups is 1. The Morgan fingerprint density at radius 2 is 1.95 bits per heavy atom. The number of rotatable bonds is 4. The zero-order valence-electron chi connectivity index (χ0n) is 11.7. The van der Waals surface area contributed by atoms with Crippen LogP contribution in [0.1, 0.15) is 27.0 Å². The Kier molecular flexibility index (Phi) is 4.38. The van der Waals surface area contributed by atoms with E-state index in [1.54, 1.807) is 12.1 Å². The summed E-state index contributed by atoms with van der Waals surface area (Å²) in [7, 11) is 0. The van der Waals surface area contributed by atoms with Crippen molar-refractivity contribution >= 4 is 11.6 Å². The SMILES string of the molecule is Cc1cccc(CNC(=O)c2ccc(NN)cc2C)c1. The van der Waals surface area contributed by atoms with E-state index in [0.717, 1.165) is 16.8 Å². The highest BCUT2D eigenvalue weighted by molar-refractivity contribution is 5.96. The van der Waals surface area contributed by atoms with Crippen LogP contribution in [0.15, 0.2) is 42.5 Å². The van der Waals surface area contributed by atoms with Crippen LogP contribution in [0.4, 0.5) is 5.69 Å². The molecule has 0 atom stereocenters. The van der Waals surface area contributed by atoms with Crippen LogP contribution in [0.5, 0.6) is 0 Å². The van der Waals surface area contributed by atoms with Gasteiger partial charge in [0.15, 0.2) is 0 Å². The summed E-state index contributed by atoms with van der Waals surface area (Å²) in [6.07, 6.45) is 0. The lowest BCUT2D eigenvalue weighted by molar-refractivity contribution is 0.0950. The van der Waals surface area contributed by atoms with Gasteiger partial charge in [-0.1, -0.05) is 29.8 Å². The number of hydrazine groups is 1. The molecule has 0 aliphatic heterocycles. The first-order chi connectivity index (χ1) is 9.60. The Balaban J connectivity index is 2.05.